The highest BCUT2D eigenvalue weighted by molar-refractivity contribution is 9.10. The van der Waals surface area contributed by atoms with Gasteiger partial charge >= 0.3 is 0 Å². The third-order valence-electron chi connectivity index (χ3n) is 3.96. The molecule has 0 spiro atoms. The lowest BCUT2D eigenvalue weighted by atomic mass is 9.92. The van der Waals surface area contributed by atoms with Gasteiger partial charge in [0, 0.05) is 42.5 Å². The Balaban J connectivity index is 1.54. The van der Waals surface area contributed by atoms with Crippen molar-refractivity contribution >= 4 is 33.2 Å². The summed E-state index contributed by atoms with van der Waals surface area (Å²) < 4.78 is 2.03. The predicted molar refractivity (Wildman–Crippen MR) is 94.7 cm³/mol. The number of halogens is 2. The van der Waals surface area contributed by atoms with Crippen LogP contribution >= 0.6 is 27.5 Å². The predicted octanol–water partition coefficient (Wildman–Crippen LogP) is 1.54. The summed E-state index contributed by atoms with van der Waals surface area (Å²) in [5, 5.41) is 8.45. The number of aromatic nitrogens is 2. The maximum atomic E-state index is 12.0. The normalized spacial score (nSPS) is 22.4. The zero-order valence-electron chi connectivity index (χ0n) is 12.6. The second kappa shape index (κ2) is 6.98. The lowest BCUT2D eigenvalue weighted by Gasteiger charge is -2.18. The quantitative estimate of drug-likeness (QED) is 0.738. The minimum Gasteiger partial charge on any atom is -0.310 e. The molecular formula is C15H17BrClN5O. The monoisotopic (exact) mass is 397 g/mol. The van der Waals surface area contributed by atoms with Crippen LogP contribution in [0.1, 0.15) is 5.69 Å². The van der Waals surface area contributed by atoms with Crippen LogP contribution in [0.3, 0.4) is 0 Å². The van der Waals surface area contributed by atoms with Crippen LogP contribution < -0.4 is 16.3 Å². The maximum absolute atomic E-state index is 12.0. The number of hydrogen-bond acceptors (Lipinski definition) is 5. The molecule has 1 aromatic heterocycles. The van der Waals surface area contributed by atoms with E-state index in [0.717, 1.165) is 16.4 Å². The molecule has 2 unspecified atom stereocenters. The van der Waals surface area contributed by atoms with Crippen LogP contribution in [-0.4, -0.2) is 34.4 Å². The van der Waals surface area contributed by atoms with Gasteiger partial charge < -0.3 is 15.3 Å². The van der Waals surface area contributed by atoms with Crippen molar-refractivity contribution in [2.24, 2.45) is 11.0 Å². The van der Waals surface area contributed by atoms with Crippen LogP contribution in [0.15, 0.2) is 44.0 Å². The van der Waals surface area contributed by atoms with Crippen molar-refractivity contribution in [2.45, 2.75) is 19.5 Å². The molecule has 6 nitrogen and oxygen atoms in total. The van der Waals surface area contributed by atoms with Gasteiger partial charge in [-0.25, -0.2) is 4.98 Å². The number of hydrazone groups is 1. The highest BCUT2D eigenvalue weighted by Gasteiger charge is 2.29. The number of rotatable bonds is 5. The van der Waals surface area contributed by atoms with Gasteiger partial charge in [-0.2, -0.15) is 5.10 Å². The maximum Gasteiger partial charge on any atom is 0.283 e. The van der Waals surface area contributed by atoms with Crippen LogP contribution in [0.25, 0.3) is 0 Å². The molecule has 2 atom stereocenters. The van der Waals surface area contributed by atoms with E-state index < -0.39 is 0 Å². The molecule has 3 rings (SSSR count). The highest BCUT2D eigenvalue weighted by Crippen LogP contribution is 2.24. The van der Waals surface area contributed by atoms with Gasteiger partial charge in [-0.15, -0.1) is 0 Å². The molecule has 0 amide bonds. The molecule has 1 aliphatic heterocycles. The molecule has 0 saturated carbocycles. The Morgan fingerprint density at radius 1 is 1.52 bits per heavy atom. The highest BCUT2D eigenvalue weighted by atomic mass is 79.9. The second-order valence-electron chi connectivity index (χ2n) is 5.52. The van der Waals surface area contributed by atoms with Gasteiger partial charge in [-0.05, 0) is 28.9 Å². The Morgan fingerprint density at radius 2 is 2.35 bits per heavy atom. The molecule has 0 aromatic carbocycles. The van der Waals surface area contributed by atoms with E-state index in [-0.39, 0.29) is 17.5 Å². The number of aryl methyl sites for hydroxylation is 1. The van der Waals surface area contributed by atoms with E-state index in [4.69, 9.17) is 11.6 Å². The Hall–Kier alpha value is -1.44. The molecule has 122 valence electrons. The van der Waals surface area contributed by atoms with Crippen molar-refractivity contribution in [1.29, 1.82) is 0 Å². The van der Waals surface area contributed by atoms with Crippen molar-refractivity contribution in [2.75, 3.05) is 13.1 Å². The molecule has 0 saturated heterocycles. The zero-order chi connectivity index (χ0) is 16.4. The zero-order valence-corrected chi connectivity index (χ0v) is 14.9. The van der Waals surface area contributed by atoms with Gasteiger partial charge in [-0.3, -0.25) is 4.79 Å². The number of fused-ring (bicyclic) bond motifs is 1. The molecule has 1 aromatic rings. The summed E-state index contributed by atoms with van der Waals surface area (Å²) in [7, 11) is 0. The summed E-state index contributed by atoms with van der Waals surface area (Å²) in [6, 6.07) is 0.190. The van der Waals surface area contributed by atoms with E-state index in [0.29, 0.717) is 24.2 Å². The van der Waals surface area contributed by atoms with Crippen molar-refractivity contribution in [3.8, 4) is 0 Å². The van der Waals surface area contributed by atoms with E-state index >= 15 is 0 Å². The summed E-state index contributed by atoms with van der Waals surface area (Å²) in [5.41, 5.74) is 4.85. The molecular weight excluding hydrogens is 382 g/mol. The van der Waals surface area contributed by atoms with Crippen LogP contribution in [0.5, 0.6) is 0 Å². The molecule has 8 heteroatoms. The SMILES string of the molecule is Cc1cnc(Br)c(=O)n1CCNCC1=NNC2C=CC(Cl)=CC12. The first-order chi connectivity index (χ1) is 11.1. The minimum absolute atomic E-state index is 0.112. The van der Waals surface area contributed by atoms with E-state index in [1.165, 1.54) is 0 Å². The number of nitrogens with one attached hydrogen (secondary N) is 2. The van der Waals surface area contributed by atoms with Gasteiger partial charge in [0.1, 0.15) is 0 Å². The fraction of sp³-hybridized carbons (Fsp3) is 0.400. The minimum atomic E-state index is -0.112. The van der Waals surface area contributed by atoms with E-state index in [1.807, 2.05) is 25.2 Å². The van der Waals surface area contributed by atoms with Crippen LogP contribution in [0, 0.1) is 12.8 Å². The van der Waals surface area contributed by atoms with Crippen molar-refractivity contribution in [3.63, 3.8) is 0 Å². The Kier molecular flexibility index (Phi) is 4.99. The molecule has 1 aliphatic carbocycles. The lowest BCUT2D eigenvalue weighted by Crippen LogP contribution is -2.35. The summed E-state index contributed by atoms with van der Waals surface area (Å²) in [6.07, 6.45) is 7.61. The molecule has 2 aliphatic rings. The van der Waals surface area contributed by atoms with Gasteiger partial charge in [0.2, 0.25) is 0 Å². The summed E-state index contributed by atoms with van der Waals surface area (Å²) in [6.45, 7) is 3.78. The van der Waals surface area contributed by atoms with Crippen molar-refractivity contribution < 1.29 is 0 Å². The topological polar surface area (TPSA) is 71.3 Å². The standard InChI is InChI=1S/C15H17BrClN5O/c1-9-7-19-14(16)15(23)22(9)5-4-18-8-13-11-6-10(17)2-3-12(11)20-21-13/h2-3,6-7,11-12,18,20H,4-5,8H2,1H3. The van der Waals surface area contributed by atoms with Crippen LogP contribution in [-0.2, 0) is 6.54 Å². The van der Waals surface area contributed by atoms with Crippen LogP contribution in [0.2, 0.25) is 0 Å². The lowest BCUT2D eigenvalue weighted by molar-refractivity contribution is 0.589. The summed E-state index contributed by atoms with van der Waals surface area (Å²) in [4.78, 5) is 16.0. The van der Waals surface area contributed by atoms with E-state index in [2.05, 4.69) is 36.8 Å². The van der Waals surface area contributed by atoms with Gasteiger partial charge in [0.25, 0.3) is 5.56 Å². The first-order valence-electron chi connectivity index (χ1n) is 7.36. The molecule has 0 radical (unpaired) electrons. The molecule has 23 heavy (non-hydrogen) atoms. The summed E-state index contributed by atoms with van der Waals surface area (Å²) in [5.74, 6) is 0.194. The summed E-state index contributed by atoms with van der Waals surface area (Å²) >= 11 is 9.23. The largest absolute Gasteiger partial charge is 0.310 e. The van der Waals surface area contributed by atoms with E-state index in [9.17, 15) is 4.79 Å². The molecule has 0 bridgehead atoms. The Labute approximate surface area is 147 Å². The van der Waals surface area contributed by atoms with E-state index in [1.54, 1.807) is 10.8 Å². The van der Waals surface area contributed by atoms with Gasteiger partial charge in [0.05, 0.1) is 11.8 Å². The average molecular weight is 399 g/mol. The van der Waals surface area contributed by atoms with Crippen molar-refractivity contribution in [1.82, 2.24) is 20.3 Å². The van der Waals surface area contributed by atoms with Gasteiger partial charge in [0.15, 0.2) is 4.60 Å². The smallest absolute Gasteiger partial charge is 0.283 e. The molecule has 2 N–H and O–H groups in total. The number of hydrogen-bond donors (Lipinski definition) is 2. The van der Waals surface area contributed by atoms with Gasteiger partial charge in [-0.1, -0.05) is 23.8 Å². The third kappa shape index (κ3) is 3.57. The Morgan fingerprint density at radius 3 is 3.17 bits per heavy atom. The number of allylic oxidation sites excluding steroid dienone is 2. The first-order valence-corrected chi connectivity index (χ1v) is 8.53. The number of nitrogens with zero attached hydrogens (tertiary/aromatic N) is 3. The van der Waals surface area contributed by atoms with Crippen molar-refractivity contribution in [3.05, 3.63) is 50.1 Å². The fourth-order valence-electron chi connectivity index (χ4n) is 2.69. The van der Waals surface area contributed by atoms with Crippen LogP contribution in [0.4, 0.5) is 0 Å². The Bertz CT molecular complexity index is 755. The third-order valence-corrected chi connectivity index (χ3v) is 4.76. The molecule has 2 heterocycles. The first kappa shape index (κ1) is 16.4. The fourth-order valence-corrected chi connectivity index (χ4v) is 3.22. The molecule has 0 fully saturated rings. The second-order valence-corrected chi connectivity index (χ2v) is 6.71. The average Bonchev–Trinajstić information content (AvgIpc) is 2.93.